The molecule has 0 fully saturated rings. The normalized spacial score (nSPS) is 10.6. The molecule has 0 unspecified atom stereocenters. The Bertz CT molecular complexity index is 449. The van der Waals surface area contributed by atoms with E-state index in [0.29, 0.717) is 35.4 Å². The lowest BCUT2D eigenvalue weighted by molar-refractivity contribution is -0.116. The summed E-state index contributed by atoms with van der Waals surface area (Å²) in [4.78, 5) is 11.9. The van der Waals surface area contributed by atoms with Crippen molar-refractivity contribution >= 4 is 39.1 Å². The second-order valence-electron chi connectivity index (χ2n) is 4.68. The Kier molecular flexibility index (Phi) is 6.66. The van der Waals surface area contributed by atoms with Gasteiger partial charge in [0.25, 0.3) is 0 Å². The molecule has 1 N–H and O–H groups in total. The molecule has 0 spiro atoms. The molecule has 1 aromatic carbocycles. The molecule has 5 heteroatoms. The van der Waals surface area contributed by atoms with Crippen LogP contribution in [-0.4, -0.2) is 12.5 Å². The molecule has 0 radical (unpaired) electrons. The smallest absolute Gasteiger partial charge is 0.224 e. The average molecular weight is 349 g/mol. The summed E-state index contributed by atoms with van der Waals surface area (Å²) in [5.41, 5.74) is 0.606. The van der Waals surface area contributed by atoms with Crippen LogP contribution in [-0.2, 0) is 4.79 Å². The monoisotopic (exact) mass is 347 g/mol. The fourth-order valence-corrected chi connectivity index (χ4v) is 2.50. The van der Waals surface area contributed by atoms with Crippen molar-refractivity contribution in [2.24, 2.45) is 5.92 Å². The molecule has 0 aromatic heterocycles. The van der Waals surface area contributed by atoms with Crippen LogP contribution in [0.15, 0.2) is 16.6 Å². The number of anilines is 1. The van der Waals surface area contributed by atoms with Crippen molar-refractivity contribution in [3.63, 3.8) is 0 Å². The lowest BCUT2D eigenvalue weighted by Gasteiger charge is -2.14. The molecule has 0 aliphatic rings. The van der Waals surface area contributed by atoms with Crippen molar-refractivity contribution in [3.8, 4) is 5.75 Å². The van der Waals surface area contributed by atoms with E-state index in [1.807, 2.05) is 6.92 Å². The second kappa shape index (κ2) is 7.75. The van der Waals surface area contributed by atoms with Gasteiger partial charge in [0.2, 0.25) is 5.91 Å². The van der Waals surface area contributed by atoms with Crippen LogP contribution < -0.4 is 10.1 Å². The van der Waals surface area contributed by atoms with E-state index in [0.717, 1.165) is 10.9 Å². The number of nitrogens with one attached hydrogen (secondary N) is 1. The summed E-state index contributed by atoms with van der Waals surface area (Å²) in [5, 5.41) is 3.40. The van der Waals surface area contributed by atoms with E-state index in [2.05, 4.69) is 35.1 Å². The third kappa shape index (κ3) is 5.41. The molecule has 0 aliphatic heterocycles. The van der Waals surface area contributed by atoms with Gasteiger partial charge in [-0.05, 0) is 47.3 Å². The van der Waals surface area contributed by atoms with Crippen molar-refractivity contribution in [2.75, 3.05) is 11.9 Å². The lowest BCUT2D eigenvalue weighted by atomic mass is 10.1. The molecular formula is C14H19BrClNO2. The predicted molar refractivity (Wildman–Crippen MR) is 83.0 cm³/mol. The Morgan fingerprint density at radius 2 is 2.16 bits per heavy atom. The van der Waals surface area contributed by atoms with E-state index in [4.69, 9.17) is 16.3 Å². The predicted octanol–water partition coefficient (Wildman–Crippen LogP) is 4.88. The van der Waals surface area contributed by atoms with Gasteiger partial charge in [0.15, 0.2) is 5.75 Å². The summed E-state index contributed by atoms with van der Waals surface area (Å²) in [5.74, 6) is 1.09. The molecular weight excluding hydrogens is 330 g/mol. The highest BCUT2D eigenvalue weighted by molar-refractivity contribution is 9.10. The minimum atomic E-state index is -0.0242. The van der Waals surface area contributed by atoms with Crippen LogP contribution in [0.3, 0.4) is 0 Å². The fraction of sp³-hybridized carbons (Fsp3) is 0.500. The maximum atomic E-state index is 11.9. The fourth-order valence-electron chi connectivity index (χ4n) is 1.58. The molecule has 0 aliphatic carbocycles. The molecule has 0 bridgehead atoms. The Morgan fingerprint density at radius 1 is 1.47 bits per heavy atom. The molecule has 0 saturated heterocycles. The molecule has 0 atom stereocenters. The third-order valence-corrected chi connectivity index (χ3v) is 3.33. The molecule has 106 valence electrons. The third-order valence-electron chi connectivity index (χ3n) is 2.52. The van der Waals surface area contributed by atoms with E-state index >= 15 is 0 Å². The van der Waals surface area contributed by atoms with Gasteiger partial charge in [-0.25, -0.2) is 0 Å². The number of hydrogen-bond donors (Lipinski definition) is 1. The zero-order valence-electron chi connectivity index (χ0n) is 11.4. The van der Waals surface area contributed by atoms with Crippen LogP contribution in [0.4, 0.5) is 5.69 Å². The van der Waals surface area contributed by atoms with Crippen LogP contribution in [0.5, 0.6) is 5.75 Å². The first kappa shape index (κ1) is 16.3. The standard InChI is InChI=1S/C14H19BrClNO2/c1-4-19-14-11(15)7-10(16)8-12(14)17-13(18)6-5-9(2)3/h7-9H,4-6H2,1-3H3,(H,17,18). The number of carbonyl (C=O) groups is 1. The first-order valence-corrected chi connectivity index (χ1v) is 7.52. The van der Waals surface area contributed by atoms with Crippen LogP contribution in [0, 0.1) is 5.92 Å². The molecule has 3 nitrogen and oxygen atoms in total. The highest BCUT2D eigenvalue weighted by atomic mass is 79.9. The van der Waals surface area contributed by atoms with E-state index < -0.39 is 0 Å². The van der Waals surface area contributed by atoms with Crippen molar-refractivity contribution in [3.05, 3.63) is 21.6 Å². The summed E-state index contributed by atoms with van der Waals surface area (Å²) in [6.07, 6.45) is 1.35. The number of carbonyl (C=O) groups excluding carboxylic acids is 1. The highest BCUT2D eigenvalue weighted by Gasteiger charge is 2.13. The van der Waals surface area contributed by atoms with Gasteiger partial charge in [-0.15, -0.1) is 0 Å². The Hall–Kier alpha value is -0.740. The summed E-state index contributed by atoms with van der Waals surface area (Å²) in [6.45, 7) is 6.60. The van der Waals surface area contributed by atoms with Gasteiger partial charge in [-0.3, -0.25) is 4.79 Å². The van der Waals surface area contributed by atoms with E-state index in [1.54, 1.807) is 12.1 Å². The number of rotatable bonds is 6. The highest BCUT2D eigenvalue weighted by Crippen LogP contribution is 2.36. The first-order chi connectivity index (χ1) is 8.93. The molecule has 1 rings (SSSR count). The number of amides is 1. The van der Waals surface area contributed by atoms with E-state index in [-0.39, 0.29) is 5.91 Å². The van der Waals surface area contributed by atoms with Crippen molar-refractivity contribution in [1.29, 1.82) is 0 Å². The summed E-state index contributed by atoms with van der Waals surface area (Å²) >= 11 is 9.39. The molecule has 19 heavy (non-hydrogen) atoms. The van der Waals surface area contributed by atoms with Gasteiger partial charge < -0.3 is 10.1 Å². The van der Waals surface area contributed by atoms with Crippen molar-refractivity contribution < 1.29 is 9.53 Å². The molecule has 0 heterocycles. The van der Waals surface area contributed by atoms with Crippen LogP contribution >= 0.6 is 27.5 Å². The van der Waals surface area contributed by atoms with Crippen LogP contribution in [0.1, 0.15) is 33.6 Å². The molecule has 1 amide bonds. The Balaban J connectivity index is 2.83. The SMILES string of the molecule is CCOc1c(Br)cc(Cl)cc1NC(=O)CCC(C)C. The summed E-state index contributed by atoms with van der Waals surface area (Å²) in [7, 11) is 0. The minimum Gasteiger partial charge on any atom is -0.491 e. The maximum Gasteiger partial charge on any atom is 0.224 e. The van der Waals surface area contributed by atoms with Crippen LogP contribution in [0.2, 0.25) is 5.02 Å². The number of hydrogen-bond acceptors (Lipinski definition) is 2. The summed E-state index contributed by atoms with van der Waals surface area (Å²) in [6, 6.07) is 3.45. The lowest BCUT2D eigenvalue weighted by Crippen LogP contribution is -2.13. The van der Waals surface area contributed by atoms with Gasteiger partial charge >= 0.3 is 0 Å². The quantitative estimate of drug-likeness (QED) is 0.796. The second-order valence-corrected chi connectivity index (χ2v) is 5.97. The zero-order chi connectivity index (χ0) is 14.4. The Morgan fingerprint density at radius 3 is 2.74 bits per heavy atom. The zero-order valence-corrected chi connectivity index (χ0v) is 13.8. The first-order valence-electron chi connectivity index (χ1n) is 6.35. The summed E-state index contributed by atoms with van der Waals surface area (Å²) < 4.78 is 6.27. The van der Waals surface area contributed by atoms with Crippen molar-refractivity contribution in [1.82, 2.24) is 0 Å². The largest absolute Gasteiger partial charge is 0.491 e. The van der Waals surface area contributed by atoms with Gasteiger partial charge in [0, 0.05) is 11.4 Å². The minimum absolute atomic E-state index is 0.0242. The van der Waals surface area contributed by atoms with E-state index in [9.17, 15) is 4.79 Å². The van der Waals surface area contributed by atoms with Gasteiger partial charge in [-0.1, -0.05) is 25.4 Å². The topological polar surface area (TPSA) is 38.3 Å². The average Bonchev–Trinajstić information content (AvgIpc) is 2.31. The Labute approximate surface area is 127 Å². The van der Waals surface area contributed by atoms with Gasteiger partial charge in [-0.2, -0.15) is 0 Å². The van der Waals surface area contributed by atoms with Crippen LogP contribution in [0.25, 0.3) is 0 Å². The van der Waals surface area contributed by atoms with Crippen molar-refractivity contribution in [2.45, 2.75) is 33.6 Å². The molecule has 0 saturated carbocycles. The number of halogens is 2. The van der Waals surface area contributed by atoms with E-state index in [1.165, 1.54) is 0 Å². The van der Waals surface area contributed by atoms with Gasteiger partial charge in [0.1, 0.15) is 0 Å². The number of ether oxygens (including phenoxy) is 1. The number of benzene rings is 1. The van der Waals surface area contributed by atoms with Gasteiger partial charge in [0.05, 0.1) is 16.8 Å². The maximum absolute atomic E-state index is 11.9. The molecule has 1 aromatic rings.